The first-order valence-electron chi connectivity index (χ1n) is 13.0. The van der Waals surface area contributed by atoms with Crippen LogP contribution in [0.15, 0.2) is 11.8 Å². The van der Waals surface area contributed by atoms with E-state index in [-0.39, 0.29) is 0 Å². The largest absolute Gasteiger partial charge is 0.563 e. The van der Waals surface area contributed by atoms with E-state index in [2.05, 4.69) is 54.5 Å². The molecule has 8 unspecified atom stereocenters. The topological polar surface area (TPSA) is 9.23 Å². The number of hydrogen-bond acceptors (Lipinski definition) is 1. The standard InChI is InChI=1S/C27H45BO/c1-16-8-10-21(11-9-16)29-28(24-14-19-12-22(17(24)2)26(19,4)5)25-15-20-13-23(18(25)3)27(20,6)7/h10,16-20,22-25H,8-9,11-15H2,1-7H3/t16-,17?,18?,19?,20?,22?,23?,24?,25?/m0/s1. The van der Waals surface area contributed by atoms with Crippen molar-refractivity contribution >= 4 is 6.92 Å². The van der Waals surface area contributed by atoms with Crippen molar-refractivity contribution in [2.75, 3.05) is 0 Å². The van der Waals surface area contributed by atoms with E-state index >= 15 is 0 Å². The molecule has 1 nitrogen and oxygen atoms in total. The molecule has 0 heterocycles. The van der Waals surface area contributed by atoms with E-state index < -0.39 is 0 Å². The van der Waals surface area contributed by atoms with Crippen LogP contribution in [-0.2, 0) is 4.65 Å². The molecule has 162 valence electrons. The van der Waals surface area contributed by atoms with Crippen molar-refractivity contribution in [2.45, 2.75) is 105 Å². The molecule has 6 fully saturated rings. The molecule has 0 aliphatic heterocycles. The summed E-state index contributed by atoms with van der Waals surface area (Å²) in [5, 5.41) is 0. The van der Waals surface area contributed by atoms with Gasteiger partial charge in [0.25, 0.3) is 0 Å². The predicted molar refractivity (Wildman–Crippen MR) is 124 cm³/mol. The lowest BCUT2D eigenvalue weighted by molar-refractivity contribution is -0.110. The van der Waals surface area contributed by atoms with E-state index in [1.165, 1.54) is 50.7 Å². The smallest absolute Gasteiger partial charge is 0.364 e. The maximum Gasteiger partial charge on any atom is 0.364 e. The van der Waals surface area contributed by atoms with E-state index in [1.54, 1.807) is 0 Å². The summed E-state index contributed by atoms with van der Waals surface area (Å²) in [6.07, 6.45) is 12.0. The van der Waals surface area contributed by atoms with E-state index in [4.69, 9.17) is 4.65 Å². The molecule has 0 amide bonds. The molecule has 2 heteroatoms. The van der Waals surface area contributed by atoms with Gasteiger partial charge in [0.2, 0.25) is 0 Å². The Hall–Kier alpha value is -0.395. The van der Waals surface area contributed by atoms with Gasteiger partial charge in [0, 0.05) is 6.42 Å². The SMILES string of the molecule is CC1C(B(OC2=CC[C@H](C)CC2)C2CC3CC(C2C)C3(C)C)CC2CC1C2(C)C. The second-order valence-electron chi connectivity index (χ2n) is 13.4. The van der Waals surface area contributed by atoms with Gasteiger partial charge in [-0.2, -0.15) is 0 Å². The van der Waals surface area contributed by atoms with Crippen LogP contribution in [0.4, 0.5) is 0 Å². The van der Waals surface area contributed by atoms with Crippen molar-refractivity contribution in [2.24, 2.45) is 52.3 Å². The van der Waals surface area contributed by atoms with Gasteiger partial charge in [0.15, 0.2) is 0 Å². The molecule has 6 saturated carbocycles. The number of allylic oxidation sites excluding steroid dienone is 2. The molecule has 0 radical (unpaired) electrons. The average molecular weight is 396 g/mol. The first kappa shape index (κ1) is 20.5. The Labute approximate surface area is 180 Å². The van der Waals surface area contributed by atoms with Crippen molar-refractivity contribution in [3.8, 4) is 0 Å². The van der Waals surface area contributed by atoms with Crippen LogP contribution in [0.1, 0.15) is 93.4 Å². The molecule has 7 aliphatic rings. The van der Waals surface area contributed by atoms with Crippen molar-refractivity contribution in [3.05, 3.63) is 11.8 Å². The third kappa shape index (κ3) is 3.01. The number of hydrogen-bond donors (Lipinski definition) is 0. The minimum absolute atomic E-state index is 0.474. The lowest BCUT2D eigenvalue weighted by atomic mass is 9.27. The summed E-state index contributed by atoms with van der Waals surface area (Å²) in [6, 6.07) is 0. The third-order valence-electron chi connectivity index (χ3n) is 11.6. The third-order valence-corrected chi connectivity index (χ3v) is 11.6. The summed E-state index contributed by atoms with van der Waals surface area (Å²) in [4.78, 5) is 0. The molecule has 0 aromatic rings. The summed E-state index contributed by atoms with van der Waals surface area (Å²) >= 11 is 0. The second kappa shape index (κ2) is 6.80. The van der Waals surface area contributed by atoms with Gasteiger partial charge in [-0.1, -0.05) is 48.5 Å². The fraction of sp³-hybridized carbons (Fsp3) is 0.926. The summed E-state index contributed by atoms with van der Waals surface area (Å²) in [5.41, 5.74) is 1.14. The zero-order valence-corrected chi connectivity index (χ0v) is 20.2. The molecule has 0 aromatic heterocycles. The van der Waals surface area contributed by atoms with Gasteiger partial charge in [0.05, 0.1) is 5.76 Å². The Morgan fingerprint density at radius 3 is 1.72 bits per heavy atom. The van der Waals surface area contributed by atoms with Crippen LogP contribution in [-0.4, -0.2) is 6.92 Å². The van der Waals surface area contributed by atoms with Gasteiger partial charge in [-0.3, -0.25) is 0 Å². The van der Waals surface area contributed by atoms with Gasteiger partial charge in [0.1, 0.15) is 0 Å². The fourth-order valence-electron chi connectivity index (χ4n) is 8.96. The highest BCUT2D eigenvalue weighted by molar-refractivity contribution is 6.56. The predicted octanol–water partition coefficient (Wildman–Crippen LogP) is 7.84. The minimum atomic E-state index is 0.474. The van der Waals surface area contributed by atoms with Crippen LogP contribution in [0, 0.1) is 52.3 Å². The molecule has 4 bridgehead atoms. The zero-order chi connectivity index (χ0) is 20.7. The van der Waals surface area contributed by atoms with Gasteiger partial charge < -0.3 is 4.65 Å². The quantitative estimate of drug-likeness (QED) is 0.440. The molecule has 0 N–H and O–H groups in total. The van der Waals surface area contributed by atoms with Crippen molar-refractivity contribution in [1.82, 2.24) is 0 Å². The maximum absolute atomic E-state index is 7.09. The molecule has 29 heavy (non-hydrogen) atoms. The number of fused-ring (bicyclic) bond motifs is 4. The van der Waals surface area contributed by atoms with Crippen LogP contribution in [0.5, 0.6) is 0 Å². The van der Waals surface area contributed by atoms with E-state index in [0.717, 1.165) is 53.1 Å². The lowest BCUT2D eigenvalue weighted by Crippen LogP contribution is -2.60. The molecule has 7 aliphatic carbocycles. The van der Waals surface area contributed by atoms with Gasteiger partial charge in [-0.25, -0.2) is 0 Å². The van der Waals surface area contributed by atoms with E-state index in [9.17, 15) is 0 Å². The highest BCUT2D eigenvalue weighted by Gasteiger charge is 2.63. The molecular formula is C27H45BO. The van der Waals surface area contributed by atoms with Gasteiger partial charge >= 0.3 is 6.92 Å². The van der Waals surface area contributed by atoms with Crippen LogP contribution in [0.3, 0.4) is 0 Å². The molecule has 0 aromatic carbocycles. The molecule has 9 atom stereocenters. The molecular weight excluding hydrogens is 351 g/mol. The Balaban J connectivity index is 1.40. The van der Waals surface area contributed by atoms with E-state index in [0.29, 0.717) is 17.7 Å². The van der Waals surface area contributed by atoms with Crippen molar-refractivity contribution in [1.29, 1.82) is 0 Å². The van der Waals surface area contributed by atoms with E-state index in [1.807, 2.05) is 0 Å². The normalized spacial score (nSPS) is 49.3. The summed E-state index contributed by atoms with van der Waals surface area (Å²) in [6.45, 7) is 18.2. The highest BCUT2D eigenvalue weighted by atomic mass is 16.4. The van der Waals surface area contributed by atoms with Gasteiger partial charge in [-0.05, 0) is 108 Å². The Morgan fingerprint density at radius 2 is 1.34 bits per heavy atom. The van der Waals surface area contributed by atoms with Crippen LogP contribution in [0.2, 0.25) is 11.6 Å². The zero-order valence-electron chi connectivity index (χ0n) is 20.2. The highest BCUT2D eigenvalue weighted by Crippen LogP contribution is 2.69. The van der Waals surface area contributed by atoms with Crippen LogP contribution in [0.25, 0.3) is 0 Å². The Kier molecular flexibility index (Phi) is 4.81. The van der Waals surface area contributed by atoms with Crippen molar-refractivity contribution < 1.29 is 4.65 Å². The Bertz CT molecular complexity index is 636. The summed E-state index contributed by atoms with van der Waals surface area (Å²) < 4.78 is 7.09. The molecule has 0 spiro atoms. The number of rotatable bonds is 4. The second-order valence-corrected chi connectivity index (χ2v) is 13.4. The molecule has 0 saturated heterocycles. The van der Waals surface area contributed by atoms with Crippen molar-refractivity contribution in [3.63, 3.8) is 0 Å². The minimum Gasteiger partial charge on any atom is -0.563 e. The average Bonchev–Trinajstić information content (AvgIpc) is 2.67. The van der Waals surface area contributed by atoms with Crippen LogP contribution < -0.4 is 0 Å². The summed E-state index contributed by atoms with van der Waals surface area (Å²) in [7, 11) is 0. The molecule has 7 rings (SSSR count). The van der Waals surface area contributed by atoms with Crippen LogP contribution >= 0.6 is 0 Å². The summed E-state index contributed by atoms with van der Waals surface area (Å²) in [5.74, 6) is 9.10. The Morgan fingerprint density at radius 1 is 0.828 bits per heavy atom. The maximum atomic E-state index is 7.09. The van der Waals surface area contributed by atoms with Gasteiger partial charge in [-0.15, -0.1) is 0 Å². The first-order valence-corrected chi connectivity index (χ1v) is 13.0. The fourth-order valence-corrected chi connectivity index (χ4v) is 8.96. The monoisotopic (exact) mass is 396 g/mol. The first-order chi connectivity index (χ1) is 13.6. The lowest BCUT2D eigenvalue weighted by Gasteiger charge is -2.65.